The molecule has 10 heteroatoms. The molecule has 152 valence electrons. The summed E-state index contributed by atoms with van der Waals surface area (Å²) in [5.41, 5.74) is 0.869. The zero-order valence-corrected chi connectivity index (χ0v) is 18.3. The van der Waals surface area contributed by atoms with Gasteiger partial charge >= 0.3 is 0 Å². The number of anilines is 1. The minimum absolute atomic E-state index is 0.255. The van der Waals surface area contributed by atoms with Crippen molar-refractivity contribution in [3.05, 3.63) is 64.0 Å². The maximum atomic E-state index is 13.5. The fourth-order valence-corrected chi connectivity index (χ4v) is 6.05. The van der Waals surface area contributed by atoms with Crippen molar-refractivity contribution in [3.63, 3.8) is 0 Å². The second-order valence-electron chi connectivity index (χ2n) is 6.52. The van der Waals surface area contributed by atoms with E-state index >= 15 is 0 Å². The molecule has 2 heterocycles. The molecule has 0 radical (unpaired) electrons. The quantitative estimate of drug-likeness (QED) is 0.535. The Kier molecular flexibility index (Phi) is 5.69. The Morgan fingerprint density at radius 1 is 1.00 bits per heavy atom. The highest BCUT2D eigenvalue weighted by Crippen LogP contribution is 2.30. The lowest BCUT2D eigenvalue weighted by Crippen LogP contribution is -2.48. The van der Waals surface area contributed by atoms with Gasteiger partial charge in [0.15, 0.2) is 5.13 Å². The van der Waals surface area contributed by atoms with Crippen molar-refractivity contribution in [2.75, 3.05) is 31.1 Å². The predicted molar refractivity (Wildman–Crippen MR) is 113 cm³/mol. The molecule has 5 nitrogen and oxygen atoms in total. The summed E-state index contributed by atoms with van der Waals surface area (Å²) >= 11 is 4.67. The molecule has 0 unspecified atom stereocenters. The molecule has 0 N–H and O–H groups in total. The molecule has 3 aromatic rings. The maximum Gasteiger partial charge on any atom is 0.243 e. The minimum Gasteiger partial charge on any atom is -0.345 e. The Hall–Kier alpha value is -1.88. The second kappa shape index (κ2) is 8.10. The maximum absolute atomic E-state index is 13.5. The first-order chi connectivity index (χ1) is 13.8. The molecule has 1 aliphatic rings. The van der Waals surface area contributed by atoms with Gasteiger partial charge in [-0.25, -0.2) is 22.2 Å². The van der Waals surface area contributed by atoms with Crippen molar-refractivity contribution >= 4 is 42.4 Å². The summed E-state index contributed by atoms with van der Waals surface area (Å²) in [6.07, 6.45) is 0. The molecular weight excluding hydrogens is 484 g/mol. The molecule has 0 atom stereocenters. The zero-order chi connectivity index (χ0) is 20.6. The molecule has 0 bridgehead atoms. The van der Waals surface area contributed by atoms with Gasteiger partial charge in [0.05, 0.1) is 10.6 Å². The van der Waals surface area contributed by atoms with Gasteiger partial charge in [0.25, 0.3) is 0 Å². The van der Waals surface area contributed by atoms with Crippen molar-refractivity contribution in [2.45, 2.75) is 4.90 Å². The average Bonchev–Trinajstić information content (AvgIpc) is 3.18. The summed E-state index contributed by atoms with van der Waals surface area (Å²) in [5.74, 6) is -1.30. The van der Waals surface area contributed by atoms with Crippen molar-refractivity contribution in [1.82, 2.24) is 9.29 Å². The molecule has 29 heavy (non-hydrogen) atoms. The molecule has 0 aliphatic carbocycles. The van der Waals surface area contributed by atoms with E-state index < -0.39 is 21.7 Å². The van der Waals surface area contributed by atoms with Crippen LogP contribution >= 0.6 is 27.3 Å². The number of hydrogen-bond acceptors (Lipinski definition) is 5. The van der Waals surface area contributed by atoms with Gasteiger partial charge in [0.2, 0.25) is 10.0 Å². The third-order valence-corrected chi connectivity index (χ3v) is 7.88. The second-order valence-corrected chi connectivity index (χ2v) is 10.2. The zero-order valence-electron chi connectivity index (χ0n) is 15.1. The van der Waals surface area contributed by atoms with E-state index in [4.69, 9.17) is 0 Å². The summed E-state index contributed by atoms with van der Waals surface area (Å²) in [6, 6.07) is 9.95. The number of thiazole rings is 1. The molecule has 0 spiro atoms. The number of nitrogens with zero attached hydrogens (tertiary/aromatic N) is 3. The molecular formula is C19H16BrF2N3O2S2. The fourth-order valence-electron chi connectivity index (χ4n) is 3.14. The SMILES string of the molecule is O=S(=O)(c1cccc(Br)c1)N1CCN(c2nc(-c3cc(F)cc(F)c3)cs2)CC1. The lowest BCUT2D eigenvalue weighted by molar-refractivity contribution is 0.385. The Morgan fingerprint density at radius 2 is 1.69 bits per heavy atom. The average molecular weight is 500 g/mol. The van der Waals surface area contributed by atoms with Gasteiger partial charge < -0.3 is 4.90 Å². The van der Waals surface area contributed by atoms with Gasteiger partial charge in [-0.05, 0) is 30.3 Å². The normalized spacial score (nSPS) is 15.6. The third-order valence-electron chi connectivity index (χ3n) is 4.59. The number of benzene rings is 2. The first-order valence-electron chi connectivity index (χ1n) is 8.75. The van der Waals surface area contributed by atoms with E-state index in [2.05, 4.69) is 20.9 Å². The molecule has 0 saturated carbocycles. The number of aromatic nitrogens is 1. The molecule has 1 saturated heterocycles. The van der Waals surface area contributed by atoms with Crippen LogP contribution in [0, 0.1) is 11.6 Å². The summed E-state index contributed by atoms with van der Waals surface area (Å²) in [5, 5.41) is 2.44. The Labute approximate surface area is 179 Å². The van der Waals surface area contributed by atoms with Crippen molar-refractivity contribution in [1.29, 1.82) is 0 Å². The highest BCUT2D eigenvalue weighted by atomic mass is 79.9. The molecule has 1 aromatic heterocycles. The standard InChI is InChI=1S/C19H16BrF2N3O2S2/c20-14-2-1-3-17(10-14)29(26,27)25-6-4-24(5-7-25)19-23-18(12-28-19)13-8-15(21)11-16(22)9-13/h1-3,8-12H,4-7H2. The van der Waals surface area contributed by atoms with E-state index in [1.54, 1.807) is 29.6 Å². The lowest BCUT2D eigenvalue weighted by Gasteiger charge is -2.33. The van der Waals surface area contributed by atoms with Crippen LogP contribution in [0.4, 0.5) is 13.9 Å². The number of halogens is 3. The summed E-state index contributed by atoms with van der Waals surface area (Å²) in [4.78, 5) is 6.72. The van der Waals surface area contributed by atoms with E-state index in [9.17, 15) is 17.2 Å². The van der Waals surface area contributed by atoms with Crippen molar-refractivity contribution in [2.24, 2.45) is 0 Å². The van der Waals surface area contributed by atoms with Crippen LogP contribution in [0.15, 0.2) is 57.2 Å². The fraction of sp³-hybridized carbons (Fsp3) is 0.211. The molecule has 1 aliphatic heterocycles. The first kappa shape index (κ1) is 20.4. The minimum atomic E-state index is -3.56. The molecule has 1 fully saturated rings. The van der Waals surface area contributed by atoms with Crippen LogP contribution in [0.1, 0.15) is 0 Å². The highest BCUT2D eigenvalue weighted by Gasteiger charge is 2.29. The number of piperazine rings is 1. The van der Waals surface area contributed by atoms with E-state index in [-0.39, 0.29) is 4.90 Å². The lowest BCUT2D eigenvalue weighted by atomic mass is 10.1. The summed E-state index contributed by atoms with van der Waals surface area (Å²) in [7, 11) is -3.56. The summed E-state index contributed by atoms with van der Waals surface area (Å²) < 4.78 is 54.8. The van der Waals surface area contributed by atoms with Gasteiger partial charge in [-0.1, -0.05) is 22.0 Å². The smallest absolute Gasteiger partial charge is 0.243 e. The van der Waals surface area contributed by atoms with Gasteiger partial charge in [0.1, 0.15) is 11.6 Å². The van der Waals surface area contributed by atoms with E-state index in [0.717, 1.165) is 6.07 Å². The van der Waals surface area contributed by atoms with Gasteiger partial charge in [-0.15, -0.1) is 11.3 Å². The van der Waals surface area contributed by atoms with Gasteiger partial charge in [0, 0.05) is 47.7 Å². The van der Waals surface area contributed by atoms with E-state index in [1.165, 1.54) is 27.8 Å². The van der Waals surface area contributed by atoms with Crippen LogP contribution in [-0.2, 0) is 10.0 Å². The number of hydrogen-bond donors (Lipinski definition) is 0. The third kappa shape index (κ3) is 4.35. The van der Waals surface area contributed by atoms with Crippen LogP contribution in [0.5, 0.6) is 0 Å². The molecule has 0 amide bonds. The number of rotatable bonds is 4. The molecule has 2 aromatic carbocycles. The highest BCUT2D eigenvalue weighted by molar-refractivity contribution is 9.10. The summed E-state index contributed by atoms with van der Waals surface area (Å²) in [6.45, 7) is 1.63. The van der Waals surface area contributed by atoms with Crippen LogP contribution in [0.25, 0.3) is 11.3 Å². The topological polar surface area (TPSA) is 53.5 Å². The van der Waals surface area contributed by atoms with Gasteiger partial charge in [-0.3, -0.25) is 0 Å². The Morgan fingerprint density at radius 3 is 2.34 bits per heavy atom. The molecule has 4 rings (SSSR count). The predicted octanol–water partition coefficient (Wildman–Crippen LogP) is 4.36. The van der Waals surface area contributed by atoms with Crippen LogP contribution in [0.2, 0.25) is 0 Å². The van der Waals surface area contributed by atoms with Gasteiger partial charge in [-0.2, -0.15) is 4.31 Å². The number of sulfonamides is 1. The Bertz CT molecular complexity index is 1130. The van der Waals surface area contributed by atoms with Crippen molar-refractivity contribution < 1.29 is 17.2 Å². The van der Waals surface area contributed by atoms with E-state index in [1.807, 2.05) is 4.90 Å². The first-order valence-corrected chi connectivity index (χ1v) is 11.9. The monoisotopic (exact) mass is 499 g/mol. The van der Waals surface area contributed by atoms with Crippen LogP contribution < -0.4 is 4.90 Å². The van der Waals surface area contributed by atoms with Crippen LogP contribution in [-0.4, -0.2) is 43.9 Å². The van der Waals surface area contributed by atoms with Crippen molar-refractivity contribution in [3.8, 4) is 11.3 Å². The van der Waals surface area contributed by atoms with Crippen LogP contribution in [0.3, 0.4) is 0 Å². The largest absolute Gasteiger partial charge is 0.345 e. The van der Waals surface area contributed by atoms with E-state index in [0.29, 0.717) is 47.0 Å². The Balaban J connectivity index is 1.47.